The van der Waals surface area contributed by atoms with E-state index in [1.165, 1.54) is 24.0 Å². The SMILES string of the molecule is CC(C)OCCCNC(=O)C(C)Oc1cccc2c1CCCC2. The van der Waals surface area contributed by atoms with Gasteiger partial charge in [-0.3, -0.25) is 4.79 Å². The number of hydrogen-bond acceptors (Lipinski definition) is 3. The van der Waals surface area contributed by atoms with Crippen LogP contribution in [0.4, 0.5) is 0 Å². The number of ether oxygens (including phenoxy) is 2. The maximum Gasteiger partial charge on any atom is 0.260 e. The maximum atomic E-state index is 12.1. The van der Waals surface area contributed by atoms with E-state index in [9.17, 15) is 4.79 Å². The van der Waals surface area contributed by atoms with Gasteiger partial charge in [0.2, 0.25) is 0 Å². The number of nitrogens with one attached hydrogen (secondary N) is 1. The zero-order chi connectivity index (χ0) is 16.7. The van der Waals surface area contributed by atoms with Gasteiger partial charge in [-0.15, -0.1) is 0 Å². The molecule has 1 aromatic rings. The van der Waals surface area contributed by atoms with E-state index in [0.717, 1.165) is 25.0 Å². The number of aryl methyl sites for hydroxylation is 1. The largest absolute Gasteiger partial charge is 0.481 e. The molecule has 1 aliphatic rings. The van der Waals surface area contributed by atoms with Crippen LogP contribution in [-0.2, 0) is 22.4 Å². The first-order chi connectivity index (χ1) is 11.1. The van der Waals surface area contributed by atoms with Crippen molar-refractivity contribution in [3.05, 3.63) is 29.3 Å². The Morgan fingerprint density at radius 1 is 1.22 bits per heavy atom. The lowest BCUT2D eigenvalue weighted by atomic mass is 9.91. The maximum absolute atomic E-state index is 12.1. The van der Waals surface area contributed by atoms with Gasteiger partial charge in [-0.05, 0) is 70.1 Å². The quantitative estimate of drug-likeness (QED) is 0.748. The lowest BCUT2D eigenvalue weighted by molar-refractivity contribution is -0.127. The Morgan fingerprint density at radius 3 is 2.78 bits per heavy atom. The van der Waals surface area contributed by atoms with Crippen molar-refractivity contribution in [3.8, 4) is 5.75 Å². The number of carbonyl (C=O) groups is 1. The summed E-state index contributed by atoms with van der Waals surface area (Å²) in [6.45, 7) is 7.11. The first kappa shape index (κ1) is 17.8. The molecule has 0 spiro atoms. The molecule has 1 aromatic carbocycles. The van der Waals surface area contributed by atoms with Gasteiger partial charge in [-0.1, -0.05) is 12.1 Å². The standard InChI is InChI=1S/C19H29NO3/c1-14(2)22-13-7-12-20-19(21)15(3)23-18-11-6-9-16-8-4-5-10-17(16)18/h6,9,11,14-15H,4-5,7-8,10,12-13H2,1-3H3,(H,20,21). The van der Waals surface area contributed by atoms with E-state index in [4.69, 9.17) is 9.47 Å². The van der Waals surface area contributed by atoms with Crippen molar-refractivity contribution in [2.45, 2.75) is 65.1 Å². The summed E-state index contributed by atoms with van der Waals surface area (Å²) in [6.07, 6.45) is 5.17. The Labute approximate surface area is 139 Å². The van der Waals surface area contributed by atoms with E-state index >= 15 is 0 Å². The zero-order valence-electron chi connectivity index (χ0n) is 14.6. The molecule has 4 heteroatoms. The van der Waals surface area contributed by atoms with Gasteiger partial charge in [0.1, 0.15) is 5.75 Å². The first-order valence-corrected chi connectivity index (χ1v) is 8.74. The van der Waals surface area contributed by atoms with E-state index in [0.29, 0.717) is 13.2 Å². The van der Waals surface area contributed by atoms with Crippen molar-refractivity contribution in [1.82, 2.24) is 5.32 Å². The summed E-state index contributed by atoms with van der Waals surface area (Å²) in [5.41, 5.74) is 2.65. The molecule has 0 aliphatic heterocycles. The van der Waals surface area contributed by atoms with E-state index in [1.807, 2.05) is 32.9 Å². The second-order valence-electron chi connectivity index (χ2n) is 6.43. The van der Waals surface area contributed by atoms with Crippen LogP contribution in [0.15, 0.2) is 18.2 Å². The minimum Gasteiger partial charge on any atom is -0.481 e. The number of carbonyl (C=O) groups excluding carboxylic acids is 1. The third-order valence-corrected chi connectivity index (χ3v) is 4.10. The molecule has 1 aliphatic carbocycles. The molecule has 128 valence electrons. The van der Waals surface area contributed by atoms with Crippen LogP contribution in [0.5, 0.6) is 5.75 Å². The smallest absolute Gasteiger partial charge is 0.260 e. The molecule has 1 N–H and O–H groups in total. The molecule has 0 fully saturated rings. The molecule has 0 saturated heterocycles. The predicted octanol–water partition coefficient (Wildman–Crippen LogP) is 3.26. The molecule has 23 heavy (non-hydrogen) atoms. The molecule has 0 radical (unpaired) electrons. The molecule has 0 aromatic heterocycles. The van der Waals surface area contributed by atoms with Crippen LogP contribution < -0.4 is 10.1 Å². The van der Waals surface area contributed by atoms with Gasteiger partial charge in [0, 0.05) is 13.2 Å². The molecule has 4 nitrogen and oxygen atoms in total. The Morgan fingerprint density at radius 2 is 2.00 bits per heavy atom. The second-order valence-corrected chi connectivity index (χ2v) is 6.43. The minimum absolute atomic E-state index is 0.0667. The van der Waals surface area contributed by atoms with E-state index in [1.54, 1.807) is 0 Å². The van der Waals surface area contributed by atoms with Crippen LogP contribution in [-0.4, -0.2) is 31.3 Å². The van der Waals surface area contributed by atoms with Gasteiger partial charge < -0.3 is 14.8 Å². The number of rotatable bonds is 8. The third kappa shape index (κ3) is 5.54. The average Bonchev–Trinajstić information content (AvgIpc) is 2.54. The Hall–Kier alpha value is -1.55. The summed E-state index contributed by atoms with van der Waals surface area (Å²) >= 11 is 0. The van der Waals surface area contributed by atoms with Gasteiger partial charge in [0.05, 0.1) is 6.10 Å². The number of fused-ring (bicyclic) bond motifs is 1. The average molecular weight is 319 g/mol. The highest BCUT2D eigenvalue weighted by Crippen LogP contribution is 2.30. The highest BCUT2D eigenvalue weighted by molar-refractivity contribution is 5.80. The van der Waals surface area contributed by atoms with Crippen LogP contribution in [0.1, 0.15) is 51.2 Å². The van der Waals surface area contributed by atoms with Crippen LogP contribution in [0.3, 0.4) is 0 Å². The number of hydrogen-bond donors (Lipinski definition) is 1. The monoisotopic (exact) mass is 319 g/mol. The van der Waals surface area contributed by atoms with Gasteiger partial charge >= 0.3 is 0 Å². The van der Waals surface area contributed by atoms with Crippen molar-refractivity contribution in [2.24, 2.45) is 0 Å². The van der Waals surface area contributed by atoms with Gasteiger partial charge in [0.25, 0.3) is 5.91 Å². The predicted molar refractivity (Wildman–Crippen MR) is 91.9 cm³/mol. The van der Waals surface area contributed by atoms with Crippen molar-refractivity contribution < 1.29 is 14.3 Å². The van der Waals surface area contributed by atoms with E-state index in [-0.39, 0.29) is 12.0 Å². The van der Waals surface area contributed by atoms with Crippen LogP contribution in [0.2, 0.25) is 0 Å². The summed E-state index contributed by atoms with van der Waals surface area (Å²) in [7, 11) is 0. The van der Waals surface area contributed by atoms with Crippen LogP contribution in [0.25, 0.3) is 0 Å². The number of benzene rings is 1. The summed E-state index contributed by atoms with van der Waals surface area (Å²) in [5.74, 6) is 0.802. The van der Waals surface area contributed by atoms with Crippen molar-refractivity contribution in [3.63, 3.8) is 0 Å². The molecular formula is C19H29NO3. The highest BCUT2D eigenvalue weighted by atomic mass is 16.5. The van der Waals surface area contributed by atoms with Crippen LogP contribution in [0, 0.1) is 0 Å². The lowest BCUT2D eigenvalue weighted by Crippen LogP contribution is -2.37. The van der Waals surface area contributed by atoms with Crippen LogP contribution >= 0.6 is 0 Å². The zero-order valence-corrected chi connectivity index (χ0v) is 14.6. The van der Waals surface area contributed by atoms with Crippen molar-refractivity contribution in [2.75, 3.05) is 13.2 Å². The second kappa shape index (κ2) is 8.92. The van der Waals surface area contributed by atoms with E-state index < -0.39 is 6.10 Å². The molecule has 1 amide bonds. The highest BCUT2D eigenvalue weighted by Gasteiger charge is 2.19. The fourth-order valence-electron chi connectivity index (χ4n) is 2.85. The molecular weight excluding hydrogens is 290 g/mol. The topological polar surface area (TPSA) is 47.6 Å². The number of amides is 1. The summed E-state index contributed by atoms with van der Waals surface area (Å²) in [5, 5.41) is 2.91. The molecule has 1 atom stereocenters. The first-order valence-electron chi connectivity index (χ1n) is 8.74. The van der Waals surface area contributed by atoms with Gasteiger partial charge in [-0.25, -0.2) is 0 Å². The van der Waals surface area contributed by atoms with Gasteiger partial charge in [0.15, 0.2) is 6.10 Å². The Bertz CT molecular complexity index is 513. The fraction of sp³-hybridized carbons (Fsp3) is 0.632. The molecule has 0 saturated carbocycles. The summed E-state index contributed by atoms with van der Waals surface area (Å²) < 4.78 is 11.4. The normalized spacial score (nSPS) is 15.1. The van der Waals surface area contributed by atoms with Gasteiger partial charge in [-0.2, -0.15) is 0 Å². The van der Waals surface area contributed by atoms with E-state index in [2.05, 4.69) is 11.4 Å². The Balaban J connectivity index is 1.80. The summed E-state index contributed by atoms with van der Waals surface area (Å²) in [6, 6.07) is 6.17. The molecule has 1 unspecified atom stereocenters. The molecule has 2 rings (SSSR count). The minimum atomic E-state index is -0.477. The van der Waals surface area contributed by atoms with Crippen molar-refractivity contribution in [1.29, 1.82) is 0 Å². The lowest BCUT2D eigenvalue weighted by Gasteiger charge is -2.22. The molecule has 0 heterocycles. The molecule has 0 bridgehead atoms. The fourth-order valence-corrected chi connectivity index (χ4v) is 2.85. The third-order valence-electron chi connectivity index (χ3n) is 4.10. The Kier molecular flexibility index (Phi) is 6.90. The van der Waals surface area contributed by atoms with Crippen molar-refractivity contribution >= 4 is 5.91 Å². The summed E-state index contributed by atoms with van der Waals surface area (Å²) in [4.78, 5) is 12.1.